The molecular formula is C20H24N2O3S. The molecule has 0 spiro atoms. The number of benzene rings is 2. The molecule has 2 aromatic carbocycles. The van der Waals surface area contributed by atoms with E-state index in [9.17, 15) is 9.59 Å². The Balaban J connectivity index is 2.01. The Morgan fingerprint density at radius 1 is 1.12 bits per heavy atom. The molecule has 0 bridgehead atoms. The first kappa shape index (κ1) is 20.0. The van der Waals surface area contributed by atoms with Crippen molar-refractivity contribution in [1.82, 2.24) is 5.32 Å². The maximum atomic E-state index is 12.5. The lowest BCUT2D eigenvalue weighted by Gasteiger charge is -2.15. The second-order valence-corrected chi connectivity index (χ2v) is 7.27. The van der Waals surface area contributed by atoms with E-state index in [0.717, 1.165) is 4.90 Å². The Labute approximate surface area is 158 Å². The molecule has 2 N–H and O–H groups in total. The Kier molecular flexibility index (Phi) is 7.69. The number of ether oxygens (including phenoxy) is 1. The fourth-order valence-corrected chi connectivity index (χ4v) is 3.13. The highest BCUT2D eigenvalue weighted by molar-refractivity contribution is 8.00. The van der Waals surface area contributed by atoms with Gasteiger partial charge in [-0.2, -0.15) is 0 Å². The summed E-state index contributed by atoms with van der Waals surface area (Å²) in [5.74, 6) is -0.385. The van der Waals surface area contributed by atoms with Crippen LogP contribution in [0.3, 0.4) is 0 Å². The first-order valence-corrected chi connectivity index (χ1v) is 9.29. The van der Waals surface area contributed by atoms with Gasteiger partial charge in [-0.3, -0.25) is 9.59 Å². The molecule has 26 heavy (non-hydrogen) atoms. The van der Waals surface area contributed by atoms with Gasteiger partial charge in [0, 0.05) is 18.6 Å². The fourth-order valence-electron chi connectivity index (χ4n) is 2.26. The summed E-state index contributed by atoms with van der Waals surface area (Å²) in [5.41, 5.74) is 2.12. The summed E-state index contributed by atoms with van der Waals surface area (Å²) in [6.45, 7) is 4.72. The molecule has 1 unspecified atom stereocenters. The van der Waals surface area contributed by atoms with Crippen LogP contribution in [0.5, 0.6) is 0 Å². The molecule has 138 valence electrons. The average Bonchev–Trinajstić information content (AvgIpc) is 2.64. The van der Waals surface area contributed by atoms with Crippen LogP contribution in [0.25, 0.3) is 0 Å². The summed E-state index contributed by atoms with van der Waals surface area (Å²) in [6, 6.07) is 15.0. The minimum Gasteiger partial charge on any atom is -0.383 e. The van der Waals surface area contributed by atoms with Crippen LogP contribution in [0.4, 0.5) is 5.69 Å². The molecule has 2 amide bonds. The lowest BCUT2D eigenvalue weighted by molar-refractivity contribution is -0.115. The number of carbonyl (C=O) groups is 2. The van der Waals surface area contributed by atoms with Gasteiger partial charge < -0.3 is 15.4 Å². The van der Waals surface area contributed by atoms with E-state index in [1.165, 1.54) is 17.3 Å². The van der Waals surface area contributed by atoms with E-state index < -0.39 is 0 Å². The van der Waals surface area contributed by atoms with Gasteiger partial charge in [-0.25, -0.2) is 0 Å². The highest BCUT2D eigenvalue weighted by Crippen LogP contribution is 2.25. The van der Waals surface area contributed by atoms with Gasteiger partial charge in [-0.1, -0.05) is 29.8 Å². The van der Waals surface area contributed by atoms with Crippen molar-refractivity contribution in [3.05, 3.63) is 59.7 Å². The van der Waals surface area contributed by atoms with E-state index in [4.69, 9.17) is 4.74 Å². The smallest absolute Gasteiger partial charge is 0.253 e. The number of nitrogens with one attached hydrogen (secondary N) is 2. The van der Waals surface area contributed by atoms with Gasteiger partial charge in [0.2, 0.25) is 5.91 Å². The summed E-state index contributed by atoms with van der Waals surface area (Å²) in [4.78, 5) is 25.9. The number of aryl methyl sites for hydroxylation is 1. The molecule has 0 aliphatic rings. The summed E-state index contributed by atoms with van der Waals surface area (Å²) < 4.78 is 4.93. The lowest BCUT2D eigenvalue weighted by Crippen LogP contribution is -2.29. The predicted molar refractivity (Wildman–Crippen MR) is 106 cm³/mol. The number of hydrogen-bond donors (Lipinski definition) is 2. The Bertz CT molecular complexity index is 747. The number of hydrogen-bond acceptors (Lipinski definition) is 4. The molecule has 1 atom stereocenters. The SMILES string of the molecule is COCCNC(=O)c1ccccc1NC(=O)C(C)Sc1ccc(C)cc1. The van der Waals surface area contributed by atoms with Crippen LogP contribution < -0.4 is 10.6 Å². The number of rotatable bonds is 8. The molecule has 0 saturated carbocycles. The van der Waals surface area contributed by atoms with Crippen molar-refractivity contribution in [2.75, 3.05) is 25.6 Å². The van der Waals surface area contributed by atoms with E-state index in [0.29, 0.717) is 24.4 Å². The molecule has 0 radical (unpaired) electrons. The van der Waals surface area contributed by atoms with E-state index in [1.807, 2.05) is 38.1 Å². The van der Waals surface area contributed by atoms with Gasteiger partial charge in [-0.05, 0) is 38.1 Å². The zero-order valence-corrected chi connectivity index (χ0v) is 16.1. The number of amides is 2. The van der Waals surface area contributed by atoms with Crippen molar-refractivity contribution in [3.63, 3.8) is 0 Å². The third kappa shape index (κ3) is 5.89. The summed E-state index contributed by atoms with van der Waals surface area (Å²) >= 11 is 1.48. The third-order valence-electron chi connectivity index (χ3n) is 3.72. The minimum atomic E-state index is -0.290. The second-order valence-electron chi connectivity index (χ2n) is 5.86. The topological polar surface area (TPSA) is 67.4 Å². The number of anilines is 1. The Morgan fingerprint density at radius 2 is 1.81 bits per heavy atom. The molecule has 0 fully saturated rings. The maximum Gasteiger partial charge on any atom is 0.253 e. The molecule has 5 nitrogen and oxygen atoms in total. The van der Waals surface area contributed by atoms with Gasteiger partial charge in [0.1, 0.15) is 0 Å². The van der Waals surface area contributed by atoms with Crippen molar-refractivity contribution < 1.29 is 14.3 Å². The van der Waals surface area contributed by atoms with E-state index >= 15 is 0 Å². The van der Waals surface area contributed by atoms with Crippen LogP contribution >= 0.6 is 11.8 Å². The third-order valence-corrected chi connectivity index (χ3v) is 4.84. The van der Waals surface area contributed by atoms with Crippen LogP contribution in [0.15, 0.2) is 53.4 Å². The molecule has 0 aliphatic carbocycles. The Morgan fingerprint density at radius 3 is 2.50 bits per heavy atom. The molecular weight excluding hydrogens is 348 g/mol. The van der Waals surface area contributed by atoms with Crippen LogP contribution in [0, 0.1) is 6.92 Å². The normalized spacial score (nSPS) is 11.7. The second kappa shape index (κ2) is 9.99. The fraction of sp³-hybridized carbons (Fsp3) is 0.300. The highest BCUT2D eigenvalue weighted by Gasteiger charge is 2.18. The molecule has 6 heteroatoms. The van der Waals surface area contributed by atoms with Crippen molar-refractivity contribution in [2.45, 2.75) is 24.0 Å². The number of para-hydroxylation sites is 1. The van der Waals surface area contributed by atoms with Crippen LogP contribution in [-0.2, 0) is 9.53 Å². The van der Waals surface area contributed by atoms with Gasteiger partial charge in [0.25, 0.3) is 5.91 Å². The van der Waals surface area contributed by atoms with Gasteiger partial charge in [0.05, 0.1) is 23.1 Å². The quantitative estimate of drug-likeness (QED) is 0.550. The van der Waals surface area contributed by atoms with Crippen molar-refractivity contribution in [1.29, 1.82) is 0 Å². The number of methoxy groups -OCH3 is 1. The van der Waals surface area contributed by atoms with Crippen LogP contribution in [-0.4, -0.2) is 37.3 Å². The maximum absolute atomic E-state index is 12.5. The zero-order chi connectivity index (χ0) is 18.9. The first-order chi connectivity index (χ1) is 12.5. The molecule has 2 aromatic rings. The number of thioether (sulfide) groups is 1. The van der Waals surface area contributed by atoms with Crippen molar-refractivity contribution in [3.8, 4) is 0 Å². The molecule has 0 aliphatic heterocycles. The molecule has 0 aromatic heterocycles. The monoisotopic (exact) mass is 372 g/mol. The summed E-state index contributed by atoms with van der Waals surface area (Å²) in [6.07, 6.45) is 0. The van der Waals surface area contributed by atoms with Crippen molar-refractivity contribution in [2.24, 2.45) is 0 Å². The van der Waals surface area contributed by atoms with Gasteiger partial charge in [-0.15, -0.1) is 11.8 Å². The average molecular weight is 372 g/mol. The van der Waals surface area contributed by atoms with E-state index in [1.54, 1.807) is 31.4 Å². The lowest BCUT2D eigenvalue weighted by atomic mass is 10.1. The van der Waals surface area contributed by atoms with E-state index in [-0.39, 0.29) is 17.1 Å². The largest absolute Gasteiger partial charge is 0.383 e. The highest BCUT2D eigenvalue weighted by atomic mass is 32.2. The zero-order valence-electron chi connectivity index (χ0n) is 15.2. The van der Waals surface area contributed by atoms with Crippen LogP contribution in [0.1, 0.15) is 22.8 Å². The van der Waals surface area contributed by atoms with Gasteiger partial charge >= 0.3 is 0 Å². The minimum absolute atomic E-state index is 0.146. The van der Waals surface area contributed by atoms with E-state index in [2.05, 4.69) is 10.6 Å². The molecule has 2 rings (SSSR count). The van der Waals surface area contributed by atoms with Gasteiger partial charge in [0.15, 0.2) is 0 Å². The molecule has 0 heterocycles. The van der Waals surface area contributed by atoms with Crippen molar-refractivity contribution >= 4 is 29.3 Å². The number of carbonyl (C=O) groups excluding carboxylic acids is 2. The standard InChI is InChI=1S/C20H24N2O3S/c1-14-8-10-16(11-9-14)26-15(2)19(23)22-18-7-5-4-6-17(18)20(24)21-12-13-25-3/h4-11,15H,12-13H2,1-3H3,(H,21,24)(H,22,23). The summed E-state index contributed by atoms with van der Waals surface area (Å²) in [7, 11) is 1.58. The van der Waals surface area contributed by atoms with Crippen LogP contribution in [0.2, 0.25) is 0 Å². The molecule has 0 saturated heterocycles. The predicted octanol–water partition coefficient (Wildman–Crippen LogP) is 3.49. The first-order valence-electron chi connectivity index (χ1n) is 8.41. The Hall–Kier alpha value is -2.31. The summed E-state index contributed by atoms with van der Waals surface area (Å²) in [5, 5.41) is 5.34.